The summed E-state index contributed by atoms with van der Waals surface area (Å²) in [7, 11) is 0. The summed E-state index contributed by atoms with van der Waals surface area (Å²) < 4.78 is 5.76. The van der Waals surface area contributed by atoms with Crippen LogP contribution in [0.15, 0.2) is 85.1 Å². The van der Waals surface area contributed by atoms with Gasteiger partial charge in [0.1, 0.15) is 0 Å². The van der Waals surface area contributed by atoms with Gasteiger partial charge in [0, 0.05) is 23.0 Å². The van der Waals surface area contributed by atoms with Gasteiger partial charge in [0.2, 0.25) is 0 Å². The van der Waals surface area contributed by atoms with Gasteiger partial charge in [0.25, 0.3) is 5.91 Å². The highest BCUT2D eigenvalue weighted by Gasteiger charge is 2.14. The number of rotatable bonds is 8. The van der Waals surface area contributed by atoms with Crippen LogP contribution in [0.1, 0.15) is 43.1 Å². The molecule has 0 bridgehead atoms. The Hall–Kier alpha value is -4.29. The maximum absolute atomic E-state index is 12.9. The molecule has 35 heavy (non-hydrogen) atoms. The number of nitrogens with one attached hydrogen (secondary N) is 1. The molecule has 0 atom stereocenters. The highest BCUT2D eigenvalue weighted by atomic mass is 16.5. The van der Waals surface area contributed by atoms with Gasteiger partial charge in [-0.15, -0.1) is 0 Å². The average molecular weight is 467 g/mol. The van der Waals surface area contributed by atoms with Gasteiger partial charge in [-0.2, -0.15) is 0 Å². The molecule has 1 heterocycles. The third-order valence-corrected chi connectivity index (χ3v) is 5.72. The molecule has 3 aromatic carbocycles. The summed E-state index contributed by atoms with van der Waals surface area (Å²) in [4.78, 5) is 28.6. The highest BCUT2D eigenvalue weighted by Crippen LogP contribution is 2.26. The lowest BCUT2D eigenvalue weighted by atomic mass is 9.97. The van der Waals surface area contributed by atoms with E-state index in [0.29, 0.717) is 35.7 Å². The van der Waals surface area contributed by atoms with E-state index in [2.05, 4.69) is 10.3 Å². The molecule has 6 nitrogen and oxygen atoms in total. The van der Waals surface area contributed by atoms with Crippen molar-refractivity contribution in [1.82, 2.24) is 4.98 Å². The van der Waals surface area contributed by atoms with Crippen molar-refractivity contribution in [2.45, 2.75) is 27.1 Å². The predicted octanol–water partition coefficient (Wildman–Crippen LogP) is 6.03. The van der Waals surface area contributed by atoms with E-state index < -0.39 is 5.97 Å². The fourth-order valence-corrected chi connectivity index (χ4v) is 3.72. The number of anilines is 1. The zero-order valence-corrected chi connectivity index (χ0v) is 19.6. The third kappa shape index (κ3) is 5.99. The van der Waals surface area contributed by atoms with Gasteiger partial charge in [-0.05, 0) is 66.4 Å². The van der Waals surface area contributed by atoms with Crippen LogP contribution in [-0.2, 0) is 18.0 Å². The van der Waals surface area contributed by atoms with Crippen molar-refractivity contribution < 1.29 is 19.4 Å². The van der Waals surface area contributed by atoms with E-state index in [4.69, 9.17) is 4.74 Å². The average Bonchev–Trinajstić information content (AvgIpc) is 2.86. The van der Waals surface area contributed by atoms with E-state index in [0.717, 1.165) is 22.3 Å². The summed E-state index contributed by atoms with van der Waals surface area (Å²) in [6, 6.07) is 24.5. The second-order valence-electron chi connectivity index (χ2n) is 8.32. The van der Waals surface area contributed by atoms with E-state index in [-0.39, 0.29) is 11.5 Å². The van der Waals surface area contributed by atoms with Crippen LogP contribution in [0.4, 0.5) is 5.69 Å². The predicted molar refractivity (Wildman–Crippen MR) is 135 cm³/mol. The van der Waals surface area contributed by atoms with Crippen molar-refractivity contribution in [2.75, 3.05) is 5.32 Å². The molecule has 0 fully saturated rings. The third-order valence-electron chi connectivity index (χ3n) is 5.72. The number of amides is 1. The monoisotopic (exact) mass is 466 g/mol. The molecule has 0 unspecified atom stereocenters. The Balaban J connectivity index is 1.43. The smallest absolute Gasteiger partial charge is 0.337 e. The summed E-state index contributed by atoms with van der Waals surface area (Å²) in [6.45, 7) is 4.59. The lowest BCUT2D eigenvalue weighted by molar-refractivity contribution is 0.0695. The number of aryl methyl sites for hydroxylation is 2. The minimum absolute atomic E-state index is 0.143. The van der Waals surface area contributed by atoms with Crippen LogP contribution in [0.5, 0.6) is 0 Å². The van der Waals surface area contributed by atoms with Gasteiger partial charge < -0.3 is 15.2 Å². The first kappa shape index (κ1) is 23.9. The Morgan fingerprint density at radius 1 is 0.886 bits per heavy atom. The lowest BCUT2D eigenvalue weighted by Gasteiger charge is -2.11. The van der Waals surface area contributed by atoms with E-state index in [1.165, 1.54) is 0 Å². The van der Waals surface area contributed by atoms with Crippen LogP contribution < -0.4 is 5.32 Å². The number of aromatic nitrogens is 1. The largest absolute Gasteiger partial charge is 0.478 e. The molecule has 0 aliphatic carbocycles. The number of pyridine rings is 1. The number of hydrogen-bond donors (Lipinski definition) is 2. The fourth-order valence-electron chi connectivity index (χ4n) is 3.72. The maximum atomic E-state index is 12.9. The first-order chi connectivity index (χ1) is 16.9. The van der Waals surface area contributed by atoms with Gasteiger partial charge in [-0.25, -0.2) is 4.79 Å². The summed E-state index contributed by atoms with van der Waals surface area (Å²) in [5, 5.41) is 12.3. The number of ether oxygens (including phenoxy) is 1. The first-order valence-electron chi connectivity index (χ1n) is 11.2. The van der Waals surface area contributed by atoms with Gasteiger partial charge in [0.05, 0.1) is 24.5 Å². The zero-order chi connectivity index (χ0) is 24.8. The zero-order valence-electron chi connectivity index (χ0n) is 19.6. The van der Waals surface area contributed by atoms with Gasteiger partial charge >= 0.3 is 5.97 Å². The Kier molecular flexibility index (Phi) is 7.33. The normalized spacial score (nSPS) is 10.7. The van der Waals surface area contributed by atoms with E-state index in [9.17, 15) is 14.7 Å². The maximum Gasteiger partial charge on any atom is 0.337 e. The molecule has 0 spiro atoms. The number of carboxylic acid groups (broad SMARTS) is 1. The number of benzene rings is 3. The molecule has 4 rings (SSSR count). The van der Waals surface area contributed by atoms with Crippen molar-refractivity contribution in [1.29, 1.82) is 0 Å². The van der Waals surface area contributed by atoms with Crippen LogP contribution in [0.25, 0.3) is 11.1 Å². The Morgan fingerprint density at radius 3 is 2.26 bits per heavy atom. The van der Waals surface area contributed by atoms with E-state index >= 15 is 0 Å². The number of carboxylic acids is 1. The SMILES string of the molecule is Cc1ccc(C(=O)Nc2ccc(COCc3ccccc3)cc2)cc1-c1cnc(C)c(C(=O)O)c1. The number of nitrogens with zero attached hydrogens (tertiary/aromatic N) is 1. The molecule has 2 N–H and O–H groups in total. The molecule has 0 aliphatic heterocycles. The second-order valence-corrected chi connectivity index (χ2v) is 8.32. The Morgan fingerprint density at radius 2 is 1.57 bits per heavy atom. The summed E-state index contributed by atoms with van der Waals surface area (Å²) in [6.07, 6.45) is 1.63. The first-order valence-corrected chi connectivity index (χ1v) is 11.2. The van der Waals surface area contributed by atoms with Crippen LogP contribution >= 0.6 is 0 Å². The number of hydrogen-bond acceptors (Lipinski definition) is 4. The van der Waals surface area contributed by atoms with Crippen LogP contribution in [-0.4, -0.2) is 22.0 Å². The molecule has 4 aromatic rings. The molecule has 1 amide bonds. The van der Waals surface area contributed by atoms with E-state index in [1.54, 1.807) is 31.3 Å². The number of carbonyl (C=O) groups is 2. The fraction of sp³-hybridized carbons (Fsp3) is 0.138. The molecule has 1 aromatic heterocycles. The van der Waals surface area contributed by atoms with Gasteiger partial charge in [0.15, 0.2) is 0 Å². The molecule has 0 aliphatic rings. The van der Waals surface area contributed by atoms with E-state index in [1.807, 2.05) is 67.6 Å². The summed E-state index contributed by atoms with van der Waals surface area (Å²) in [5.41, 5.74) is 6.20. The van der Waals surface area contributed by atoms with Crippen molar-refractivity contribution >= 4 is 17.6 Å². The second kappa shape index (κ2) is 10.8. The molecule has 0 radical (unpaired) electrons. The van der Waals surface area contributed by atoms with Crippen molar-refractivity contribution in [3.63, 3.8) is 0 Å². The lowest BCUT2D eigenvalue weighted by Crippen LogP contribution is -2.12. The Bertz CT molecular complexity index is 1350. The Labute approximate surface area is 204 Å². The standard InChI is InChI=1S/C29H26N2O4/c1-19-8-11-23(14-26(19)24-15-27(29(33)34)20(2)30-16-24)28(32)31-25-12-9-22(10-13-25)18-35-17-21-6-4-3-5-7-21/h3-16H,17-18H2,1-2H3,(H,31,32)(H,33,34). The molecular weight excluding hydrogens is 440 g/mol. The molecular formula is C29H26N2O4. The minimum atomic E-state index is -1.03. The van der Waals surface area contributed by atoms with Crippen molar-refractivity contribution in [2.24, 2.45) is 0 Å². The quantitative estimate of drug-likeness (QED) is 0.331. The molecule has 6 heteroatoms. The van der Waals surface area contributed by atoms with Crippen LogP contribution in [0.2, 0.25) is 0 Å². The van der Waals surface area contributed by atoms with Crippen LogP contribution in [0.3, 0.4) is 0 Å². The van der Waals surface area contributed by atoms with Gasteiger partial charge in [-0.3, -0.25) is 9.78 Å². The topological polar surface area (TPSA) is 88.5 Å². The number of aromatic carboxylic acids is 1. The van der Waals surface area contributed by atoms with Crippen molar-refractivity contribution in [3.8, 4) is 11.1 Å². The minimum Gasteiger partial charge on any atom is -0.478 e. The molecule has 176 valence electrons. The molecule has 0 saturated carbocycles. The van der Waals surface area contributed by atoms with Crippen molar-refractivity contribution in [3.05, 3.63) is 119 Å². The summed E-state index contributed by atoms with van der Waals surface area (Å²) >= 11 is 0. The summed E-state index contributed by atoms with van der Waals surface area (Å²) in [5.74, 6) is -1.28. The molecule has 0 saturated heterocycles. The number of carbonyl (C=O) groups excluding carboxylic acids is 1. The highest BCUT2D eigenvalue weighted by molar-refractivity contribution is 6.05. The van der Waals surface area contributed by atoms with Crippen LogP contribution in [0, 0.1) is 13.8 Å². The van der Waals surface area contributed by atoms with Gasteiger partial charge in [-0.1, -0.05) is 48.5 Å².